The summed E-state index contributed by atoms with van der Waals surface area (Å²) < 4.78 is 3.94. The Morgan fingerprint density at radius 1 is 1.18 bits per heavy atom. The summed E-state index contributed by atoms with van der Waals surface area (Å²) in [6.07, 6.45) is 0. The van der Waals surface area contributed by atoms with E-state index in [4.69, 9.17) is 5.73 Å². The van der Waals surface area contributed by atoms with E-state index in [9.17, 15) is 0 Å². The number of anilines is 1. The summed E-state index contributed by atoms with van der Waals surface area (Å²) >= 11 is 0. The molecule has 17 heavy (non-hydrogen) atoms. The van der Waals surface area contributed by atoms with Crippen molar-refractivity contribution in [2.75, 3.05) is 5.73 Å². The molecule has 0 aliphatic rings. The molecule has 2 aromatic heterocycles. The van der Waals surface area contributed by atoms with Crippen LogP contribution in [0.2, 0.25) is 0 Å². The second kappa shape index (κ2) is 4.24. The molecule has 0 bridgehead atoms. The SMILES string of the molecule is CCn1nc(C)cc1Cn1nc(C)c(N)c1C. The van der Waals surface area contributed by atoms with E-state index in [1.807, 2.05) is 30.1 Å². The highest BCUT2D eigenvalue weighted by Gasteiger charge is 2.11. The van der Waals surface area contributed by atoms with Gasteiger partial charge in [-0.05, 0) is 33.8 Å². The predicted octanol–water partition coefficient (Wildman–Crippen LogP) is 1.66. The lowest BCUT2D eigenvalue weighted by molar-refractivity contribution is 0.567. The molecule has 5 heteroatoms. The lowest BCUT2D eigenvalue weighted by Gasteiger charge is -2.06. The number of hydrogen-bond acceptors (Lipinski definition) is 3. The Hall–Kier alpha value is -1.78. The Morgan fingerprint density at radius 2 is 1.88 bits per heavy atom. The van der Waals surface area contributed by atoms with Crippen molar-refractivity contribution < 1.29 is 0 Å². The Labute approximate surface area is 101 Å². The lowest BCUT2D eigenvalue weighted by atomic mass is 10.3. The zero-order valence-electron chi connectivity index (χ0n) is 10.9. The van der Waals surface area contributed by atoms with Crippen LogP contribution in [0, 0.1) is 20.8 Å². The third-order valence-electron chi connectivity index (χ3n) is 3.03. The van der Waals surface area contributed by atoms with E-state index in [-0.39, 0.29) is 0 Å². The van der Waals surface area contributed by atoms with Crippen LogP contribution in [0.5, 0.6) is 0 Å². The van der Waals surface area contributed by atoms with Gasteiger partial charge in [-0.1, -0.05) is 0 Å². The van der Waals surface area contributed by atoms with E-state index < -0.39 is 0 Å². The van der Waals surface area contributed by atoms with Gasteiger partial charge in [0, 0.05) is 6.54 Å². The summed E-state index contributed by atoms with van der Waals surface area (Å²) in [7, 11) is 0. The molecule has 0 radical (unpaired) electrons. The van der Waals surface area contributed by atoms with E-state index in [0.29, 0.717) is 0 Å². The number of hydrogen-bond donors (Lipinski definition) is 1. The first-order chi connectivity index (χ1) is 8.02. The van der Waals surface area contributed by atoms with Crippen molar-refractivity contribution in [3.63, 3.8) is 0 Å². The van der Waals surface area contributed by atoms with Gasteiger partial charge >= 0.3 is 0 Å². The van der Waals surface area contributed by atoms with Crippen molar-refractivity contribution >= 4 is 5.69 Å². The summed E-state index contributed by atoms with van der Waals surface area (Å²) in [4.78, 5) is 0. The number of nitrogen functional groups attached to an aromatic ring is 1. The van der Waals surface area contributed by atoms with Crippen molar-refractivity contribution in [2.45, 2.75) is 40.8 Å². The second-order valence-corrected chi connectivity index (χ2v) is 4.33. The van der Waals surface area contributed by atoms with Crippen molar-refractivity contribution in [3.8, 4) is 0 Å². The number of rotatable bonds is 3. The molecular formula is C12H19N5. The van der Waals surface area contributed by atoms with E-state index in [1.54, 1.807) is 0 Å². The monoisotopic (exact) mass is 233 g/mol. The summed E-state index contributed by atoms with van der Waals surface area (Å²) in [6, 6.07) is 2.09. The van der Waals surface area contributed by atoms with Gasteiger partial charge in [0.15, 0.2) is 0 Å². The molecule has 2 aromatic rings. The zero-order chi connectivity index (χ0) is 12.6. The molecule has 0 amide bonds. The van der Waals surface area contributed by atoms with Gasteiger partial charge in [-0.3, -0.25) is 9.36 Å². The predicted molar refractivity (Wildman–Crippen MR) is 67.9 cm³/mol. The summed E-state index contributed by atoms with van der Waals surface area (Å²) in [5, 5.41) is 8.87. The van der Waals surface area contributed by atoms with E-state index in [1.165, 1.54) is 0 Å². The Kier molecular flexibility index (Phi) is 2.92. The Balaban J connectivity index is 2.34. The van der Waals surface area contributed by atoms with Gasteiger partial charge in [0.05, 0.1) is 35.0 Å². The summed E-state index contributed by atoms with van der Waals surface area (Å²) in [6.45, 7) is 9.61. The highest BCUT2D eigenvalue weighted by molar-refractivity contribution is 5.46. The minimum atomic E-state index is 0.721. The van der Waals surface area contributed by atoms with Crippen LogP contribution in [0.4, 0.5) is 5.69 Å². The first-order valence-corrected chi connectivity index (χ1v) is 5.85. The summed E-state index contributed by atoms with van der Waals surface area (Å²) in [5.41, 5.74) is 10.8. The van der Waals surface area contributed by atoms with E-state index in [2.05, 4.69) is 23.2 Å². The van der Waals surface area contributed by atoms with Gasteiger partial charge in [-0.2, -0.15) is 10.2 Å². The quantitative estimate of drug-likeness (QED) is 0.877. The minimum Gasteiger partial charge on any atom is -0.396 e. The molecule has 0 aliphatic carbocycles. The molecule has 0 unspecified atom stereocenters. The number of nitrogens with zero attached hydrogens (tertiary/aromatic N) is 4. The molecule has 2 rings (SSSR count). The maximum atomic E-state index is 5.93. The first kappa shape index (κ1) is 11.7. The Morgan fingerprint density at radius 3 is 2.41 bits per heavy atom. The second-order valence-electron chi connectivity index (χ2n) is 4.33. The van der Waals surface area contributed by atoms with Crippen LogP contribution in [0.15, 0.2) is 6.07 Å². The van der Waals surface area contributed by atoms with Gasteiger partial charge in [0.2, 0.25) is 0 Å². The molecule has 0 saturated carbocycles. The molecule has 2 N–H and O–H groups in total. The molecule has 0 aromatic carbocycles. The van der Waals surface area contributed by atoms with Gasteiger partial charge in [0.25, 0.3) is 0 Å². The molecule has 5 nitrogen and oxygen atoms in total. The van der Waals surface area contributed by atoms with Gasteiger partial charge in [0.1, 0.15) is 0 Å². The maximum absolute atomic E-state index is 5.93. The molecule has 0 spiro atoms. The number of aromatic nitrogens is 4. The van der Waals surface area contributed by atoms with Gasteiger partial charge in [-0.25, -0.2) is 0 Å². The smallest absolute Gasteiger partial charge is 0.0832 e. The van der Waals surface area contributed by atoms with Crippen LogP contribution in [0.25, 0.3) is 0 Å². The van der Waals surface area contributed by atoms with Crippen LogP contribution in [-0.4, -0.2) is 19.6 Å². The molecule has 2 heterocycles. The van der Waals surface area contributed by atoms with Crippen LogP contribution in [-0.2, 0) is 13.1 Å². The third-order valence-corrected chi connectivity index (χ3v) is 3.03. The topological polar surface area (TPSA) is 61.7 Å². The van der Waals surface area contributed by atoms with Crippen molar-refractivity contribution in [1.29, 1.82) is 0 Å². The van der Waals surface area contributed by atoms with E-state index >= 15 is 0 Å². The molecule has 0 aliphatic heterocycles. The highest BCUT2D eigenvalue weighted by atomic mass is 15.3. The van der Waals surface area contributed by atoms with E-state index in [0.717, 1.165) is 41.6 Å². The maximum Gasteiger partial charge on any atom is 0.0832 e. The Bertz CT molecular complexity index is 535. The van der Waals surface area contributed by atoms with Crippen molar-refractivity contribution in [1.82, 2.24) is 19.6 Å². The molecule has 0 fully saturated rings. The first-order valence-electron chi connectivity index (χ1n) is 5.85. The molecule has 0 atom stereocenters. The lowest BCUT2D eigenvalue weighted by Crippen LogP contribution is -2.10. The zero-order valence-corrected chi connectivity index (χ0v) is 10.9. The van der Waals surface area contributed by atoms with Crippen LogP contribution >= 0.6 is 0 Å². The third kappa shape index (κ3) is 2.05. The van der Waals surface area contributed by atoms with Crippen molar-refractivity contribution in [2.24, 2.45) is 0 Å². The van der Waals surface area contributed by atoms with Crippen LogP contribution < -0.4 is 5.73 Å². The average Bonchev–Trinajstić information content (AvgIpc) is 2.76. The largest absolute Gasteiger partial charge is 0.396 e. The normalized spacial score (nSPS) is 11.1. The fourth-order valence-electron chi connectivity index (χ4n) is 2.02. The average molecular weight is 233 g/mol. The van der Waals surface area contributed by atoms with Gasteiger partial charge in [-0.15, -0.1) is 0 Å². The van der Waals surface area contributed by atoms with Gasteiger partial charge < -0.3 is 5.73 Å². The fourth-order valence-corrected chi connectivity index (χ4v) is 2.02. The van der Waals surface area contributed by atoms with Crippen LogP contribution in [0.3, 0.4) is 0 Å². The van der Waals surface area contributed by atoms with Crippen LogP contribution in [0.1, 0.15) is 29.7 Å². The molecular weight excluding hydrogens is 214 g/mol. The standard InChI is InChI=1S/C12H19N5/c1-5-16-11(6-8(2)14-16)7-17-10(4)12(13)9(3)15-17/h6H,5,7,13H2,1-4H3. The van der Waals surface area contributed by atoms with Crippen molar-refractivity contribution in [3.05, 3.63) is 28.8 Å². The molecule has 0 saturated heterocycles. The minimum absolute atomic E-state index is 0.721. The summed E-state index contributed by atoms with van der Waals surface area (Å²) in [5.74, 6) is 0. The fraction of sp³-hybridized carbons (Fsp3) is 0.500. The number of nitrogens with two attached hydrogens (primary N) is 1. The highest BCUT2D eigenvalue weighted by Crippen LogP contribution is 2.16. The number of aryl methyl sites for hydroxylation is 3. The molecule has 92 valence electrons.